The van der Waals surface area contributed by atoms with Crippen LogP contribution in [0.3, 0.4) is 0 Å². The summed E-state index contributed by atoms with van der Waals surface area (Å²) in [6, 6.07) is 0. The topological polar surface area (TPSA) is 196 Å². The van der Waals surface area contributed by atoms with Crippen LogP contribution in [0.5, 0.6) is 0 Å². The molecule has 0 aromatic carbocycles. The Morgan fingerprint density at radius 3 is 1.83 bits per heavy atom. The van der Waals surface area contributed by atoms with Gasteiger partial charge in [-0.05, 0) is 18.8 Å². The average molecular weight is 595 g/mol. The highest BCUT2D eigenvalue weighted by Gasteiger charge is 2.51. The van der Waals surface area contributed by atoms with E-state index in [4.69, 9.17) is 18.9 Å². The maximum absolute atomic E-state index is 13.1. The number of hydrogen-bond acceptors (Lipinski definition) is 12. The quantitative estimate of drug-likeness (QED) is 0.0825. The summed E-state index contributed by atoms with van der Waals surface area (Å²) in [4.78, 5) is 13.1. The second-order valence-corrected chi connectivity index (χ2v) is 11.5. The van der Waals surface area contributed by atoms with E-state index in [1.807, 2.05) is 0 Å². The fraction of sp³-hybridized carbons (Fsp3) is 0.966. The molecule has 12 nitrogen and oxygen atoms in total. The second kappa shape index (κ2) is 19.4. The predicted molar refractivity (Wildman–Crippen MR) is 147 cm³/mol. The lowest BCUT2D eigenvalue weighted by Crippen LogP contribution is -2.65. The molecule has 2 heterocycles. The SMILES string of the molecule is CCCCCCCCC(CCCCCC)CC(=O)O[C@@H]1[C@@H](O)[C@@H](O[C@H]2[C@H](O)[C@@H](O)[C@H](O)O[C@@H]2CO)O[C@H](CO)[C@H]1O. The largest absolute Gasteiger partial charge is 0.456 e. The Morgan fingerprint density at radius 1 is 0.683 bits per heavy atom. The van der Waals surface area contributed by atoms with Gasteiger partial charge in [-0.1, -0.05) is 78.1 Å². The number of aliphatic hydroxyl groups is 7. The molecule has 0 spiro atoms. The van der Waals surface area contributed by atoms with Gasteiger partial charge in [0.05, 0.1) is 13.2 Å². The van der Waals surface area contributed by atoms with Crippen LogP contribution in [-0.2, 0) is 23.7 Å². The molecule has 2 saturated heterocycles. The minimum Gasteiger partial charge on any atom is -0.456 e. The van der Waals surface area contributed by atoms with Crippen molar-refractivity contribution >= 4 is 5.97 Å². The molecule has 0 aromatic heterocycles. The van der Waals surface area contributed by atoms with Crippen LogP contribution >= 0.6 is 0 Å². The van der Waals surface area contributed by atoms with Gasteiger partial charge in [0, 0.05) is 6.42 Å². The van der Waals surface area contributed by atoms with Crippen molar-refractivity contribution in [1.29, 1.82) is 0 Å². The van der Waals surface area contributed by atoms with Crippen LogP contribution in [0.15, 0.2) is 0 Å². The maximum Gasteiger partial charge on any atom is 0.306 e. The van der Waals surface area contributed by atoms with Crippen LogP contribution in [0.4, 0.5) is 0 Å². The monoisotopic (exact) mass is 594 g/mol. The average Bonchev–Trinajstić information content (AvgIpc) is 2.96. The number of ether oxygens (including phenoxy) is 4. The van der Waals surface area contributed by atoms with Crippen molar-refractivity contribution in [3.8, 4) is 0 Å². The Morgan fingerprint density at radius 2 is 1.24 bits per heavy atom. The van der Waals surface area contributed by atoms with E-state index in [-0.39, 0.29) is 12.3 Å². The van der Waals surface area contributed by atoms with Crippen LogP contribution < -0.4 is 0 Å². The summed E-state index contributed by atoms with van der Waals surface area (Å²) >= 11 is 0. The zero-order chi connectivity index (χ0) is 30.4. The first kappa shape index (κ1) is 36.3. The number of carbonyl (C=O) groups is 1. The lowest BCUT2D eigenvalue weighted by molar-refractivity contribution is -0.355. The zero-order valence-electron chi connectivity index (χ0n) is 24.6. The molecular formula is C29H54O12. The number of esters is 1. The molecule has 0 bridgehead atoms. The van der Waals surface area contributed by atoms with E-state index >= 15 is 0 Å². The Labute approximate surface area is 243 Å². The molecule has 2 rings (SSSR count). The van der Waals surface area contributed by atoms with Gasteiger partial charge in [0.2, 0.25) is 0 Å². The molecule has 0 radical (unpaired) electrons. The molecule has 11 atom stereocenters. The molecule has 0 aromatic rings. The first-order chi connectivity index (χ1) is 19.7. The lowest BCUT2D eigenvalue weighted by atomic mass is 9.91. The fourth-order valence-corrected chi connectivity index (χ4v) is 5.55. The maximum atomic E-state index is 13.1. The van der Waals surface area contributed by atoms with Crippen molar-refractivity contribution in [3.63, 3.8) is 0 Å². The van der Waals surface area contributed by atoms with E-state index < -0.39 is 80.6 Å². The van der Waals surface area contributed by atoms with Crippen LogP contribution in [0.25, 0.3) is 0 Å². The third kappa shape index (κ3) is 11.3. The van der Waals surface area contributed by atoms with Gasteiger partial charge in [-0.2, -0.15) is 0 Å². The minimum atomic E-state index is -1.77. The van der Waals surface area contributed by atoms with E-state index in [1.165, 1.54) is 25.7 Å². The highest BCUT2D eigenvalue weighted by atomic mass is 16.7. The number of unbranched alkanes of at least 4 members (excludes halogenated alkanes) is 8. The van der Waals surface area contributed by atoms with Gasteiger partial charge in [-0.25, -0.2) is 0 Å². The molecule has 2 fully saturated rings. The number of hydrogen-bond donors (Lipinski definition) is 7. The van der Waals surface area contributed by atoms with Gasteiger partial charge in [0.1, 0.15) is 42.7 Å². The van der Waals surface area contributed by atoms with Gasteiger partial charge in [-0.15, -0.1) is 0 Å². The fourth-order valence-electron chi connectivity index (χ4n) is 5.55. The summed E-state index contributed by atoms with van der Waals surface area (Å²) in [6.07, 6.45) is -2.59. The number of rotatable bonds is 19. The Bertz CT molecular complexity index is 709. The number of aliphatic hydroxyl groups excluding tert-OH is 7. The molecule has 0 aliphatic carbocycles. The third-order valence-corrected chi connectivity index (χ3v) is 8.11. The first-order valence-corrected chi connectivity index (χ1v) is 15.5. The highest BCUT2D eigenvalue weighted by Crippen LogP contribution is 2.31. The molecule has 41 heavy (non-hydrogen) atoms. The van der Waals surface area contributed by atoms with Crippen molar-refractivity contribution in [2.45, 2.75) is 159 Å². The van der Waals surface area contributed by atoms with Crippen molar-refractivity contribution in [1.82, 2.24) is 0 Å². The standard InChI is InChI=1S/C29H54O12/c1-3-5-7-9-10-12-14-18(13-11-8-6-4-2)15-21(32)40-27-22(33)19(16-30)39-29(25(27)36)41-26-20(17-31)38-28(37)24(35)23(26)34/h18-20,22-31,33-37H,3-17H2,1-2H3/t18?,19-,20-,22-,23-,24-,25-,26-,27+,28-,29-/m1/s1. The van der Waals surface area contributed by atoms with Crippen LogP contribution in [0.1, 0.15) is 97.3 Å². The van der Waals surface area contributed by atoms with E-state index in [1.54, 1.807) is 0 Å². The third-order valence-electron chi connectivity index (χ3n) is 8.11. The first-order valence-electron chi connectivity index (χ1n) is 15.5. The molecular weight excluding hydrogens is 540 g/mol. The number of carbonyl (C=O) groups excluding carboxylic acids is 1. The van der Waals surface area contributed by atoms with E-state index in [0.29, 0.717) is 0 Å². The summed E-state index contributed by atoms with van der Waals surface area (Å²) in [5.41, 5.74) is 0. The van der Waals surface area contributed by atoms with Gasteiger partial charge in [0.25, 0.3) is 0 Å². The second-order valence-electron chi connectivity index (χ2n) is 11.5. The summed E-state index contributed by atoms with van der Waals surface area (Å²) in [6.45, 7) is 2.94. The van der Waals surface area contributed by atoms with Crippen LogP contribution in [-0.4, -0.2) is 116 Å². The Balaban J connectivity index is 2.04. The van der Waals surface area contributed by atoms with Crippen molar-refractivity contribution in [2.24, 2.45) is 5.92 Å². The molecule has 0 amide bonds. The highest BCUT2D eigenvalue weighted by molar-refractivity contribution is 5.70. The summed E-state index contributed by atoms with van der Waals surface area (Å²) in [7, 11) is 0. The van der Waals surface area contributed by atoms with E-state index in [9.17, 15) is 40.5 Å². The van der Waals surface area contributed by atoms with Gasteiger partial charge < -0.3 is 54.7 Å². The van der Waals surface area contributed by atoms with Gasteiger partial charge in [-0.3, -0.25) is 4.79 Å². The molecule has 0 saturated carbocycles. The molecule has 7 N–H and O–H groups in total. The lowest BCUT2D eigenvalue weighted by Gasteiger charge is -2.45. The van der Waals surface area contributed by atoms with Crippen molar-refractivity contribution < 1.29 is 59.5 Å². The van der Waals surface area contributed by atoms with Crippen LogP contribution in [0.2, 0.25) is 0 Å². The summed E-state index contributed by atoms with van der Waals surface area (Å²) < 4.78 is 21.7. The smallest absolute Gasteiger partial charge is 0.306 e. The molecule has 2 aliphatic heterocycles. The Hall–Kier alpha value is -0.930. The van der Waals surface area contributed by atoms with E-state index in [2.05, 4.69) is 13.8 Å². The molecule has 2 aliphatic rings. The minimum absolute atomic E-state index is 0.105. The van der Waals surface area contributed by atoms with Gasteiger partial charge in [0.15, 0.2) is 18.7 Å². The molecule has 1 unspecified atom stereocenters. The zero-order valence-corrected chi connectivity index (χ0v) is 24.6. The van der Waals surface area contributed by atoms with Crippen molar-refractivity contribution in [3.05, 3.63) is 0 Å². The predicted octanol–water partition coefficient (Wildman–Crippen LogP) is 0.881. The van der Waals surface area contributed by atoms with Crippen molar-refractivity contribution in [2.75, 3.05) is 13.2 Å². The van der Waals surface area contributed by atoms with Crippen LogP contribution in [0, 0.1) is 5.92 Å². The van der Waals surface area contributed by atoms with Gasteiger partial charge >= 0.3 is 5.97 Å². The van der Waals surface area contributed by atoms with E-state index in [0.717, 1.165) is 51.4 Å². The summed E-state index contributed by atoms with van der Waals surface area (Å²) in [5, 5.41) is 71.2. The molecule has 12 heteroatoms. The summed E-state index contributed by atoms with van der Waals surface area (Å²) in [5.74, 6) is -0.488. The Kier molecular flexibility index (Phi) is 17.1. The normalized spacial score (nSPS) is 34.9. The molecule has 242 valence electrons.